The molecule has 1 fully saturated rings. The monoisotopic (exact) mass is 448 g/mol. The topological polar surface area (TPSA) is 40.6 Å². The minimum atomic E-state index is -3.55. The SMILES string of the molecule is Cc1ccc(S(=O)(=O)N(CCc2ccccc2)C2CCN(Cc3ccccc3)CC2)cc1. The van der Waals surface area contributed by atoms with Gasteiger partial charge in [0.05, 0.1) is 4.90 Å². The molecule has 4 nitrogen and oxygen atoms in total. The molecule has 168 valence electrons. The van der Waals surface area contributed by atoms with Crippen molar-refractivity contribution in [1.82, 2.24) is 9.21 Å². The molecule has 5 heteroatoms. The molecule has 1 aliphatic rings. The Morgan fingerprint density at radius 2 is 1.38 bits per heavy atom. The van der Waals surface area contributed by atoms with Crippen LogP contribution < -0.4 is 0 Å². The van der Waals surface area contributed by atoms with Gasteiger partial charge in [-0.2, -0.15) is 4.31 Å². The molecule has 4 rings (SSSR count). The molecule has 0 N–H and O–H groups in total. The van der Waals surface area contributed by atoms with E-state index < -0.39 is 10.0 Å². The molecular weight excluding hydrogens is 416 g/mol. The van der Waals surface area contributed by atoms with E-state index in [0.717, 1.165) is 50.0 Å². The number of aryl methyl sites for hydroxylation is 1. The van der Waals surface area contributed by atoms with Gasteiger partial charge in [-0.15, -0.1) is 0 Å². The van der Waals surface area contributed by atoms with Crippen molar-refractivity contribution in [3.8, 4) is 0 Å². The minimum Gasteiger partial charge on any atom is -0.299 e. The van der Waals surface area contributed by atoms with Crippen LogP contribution in [0, 0.1) is 6.92 Å². The van der Waals surface area contributed by atoms with Crippen LogP contribution in [0.4, 0.5) is 0 Å². The summed E-state index contributed by atoms with van der Waals surface area (Å²) in [6, 6.07) is 27.9. The third-order valence-corrected chi connectivity index (χ3v) is 8.27. The number of likely N-dealkylation sites (tertiary alicyclic amines) is 1. The molecule has 3 aromatic carbocycles. The lowest BCUT2D eigenvalue weighted by atomic mass is 10.0. The van der Waals surface area contributed by atoms with Crippen molar-refractivity contribution in [2.45, 2.75) is 43.7 Å². The maximum Gasteiger partial charge on any atom is 0.243 e. The van der Waals surface area contributed by atoms with Crippen LogP contribution in [0.25, 0.3) is 0 Å². The highest BCUT2D eigenvalue weighted by atomic mass is 32.2. The lowest BCUT2D eigenvalue weighted by molar-refractivity contribution is 0.154. The van der Waals surface area contributed by atoms with E-state index in [0.29, 0.717) is 11.4 Å². The van der Waals surface area contributed by atoms with Crippen molar-refractivity contribution in [3.63, 3.8) is 0 Å². The fourth-order valence-electron chi connectivity index (χ4n) is 4.44. The van der Waals surface area contributed by atoms with Crippen LogP contribution in [-0.2, 0) is 23.0 Å². The second-order valence-corrected chi connectivity index (χ2v) is 10.5. The predicted molar refractivity (Wildman–Crippen MR) is 130 cm³/mol. The van der Waals surface area contributed by atoms with Crippen LogP contribution in [0.1, 0.15) is 29.5 Å². The average molecular weight is 449 g/mol. The van der Waals surface area contributed by atoms with Crippen LogP contribution in [0.5, 0.6) is 0 Å². The Morgan fingerprint density at radius 3 is 1.97 bits per heavy atom. The summed E-state index contributed by atoms with van der Waals surface area (Å²) >= 11 is 0. The summed E-state index contributed by atoms with van der Waals surface area (Å²) in [7, 11) is -3.55. The summed E-state index contributed by atoms with van der Waals surface area (Å²) in [6.07, 6.45) is 2.43. The lowest BCUT2D eigenvalue weighted by Gasteiger charge is -2.38. The van der Waals surface area contributed by atoms with Crippen molar-refractivity contribution < 1.29 is 8.42 Å². The molecule has 0 radical (unpaired) electrons. The first-order chi connectivity index (χ1) is 15.5. The van der Waals surface area contributed by atoms with Crippen LogP contribution in [0.2, 0.25) is 0 Å². The van der Waals surface area contributed by atoms with E-state index in [-0.39, 0.29) is 6.04 Å². The Morgan fingerprint density at radius 1 is 0.812 bits per heavy atom. The van der Waals surface area contributed by atoms with Crippen molar-refractivity contribution in [3.05, 3.63) is 102 Å². The molecule has 0 aromatic heterocycles. The van der Waals surface area contributed by atoms with E-state index >= 15 is 0 Å². The molecule has 3 aromatic rings. The first-order valence-electron chi connectivity index (χ1n) is 11.4. The average Bonchev–Trinajstić information content (AvgIpc) is 2.82. The summed E-state index contributed by atoms with van der Waals surface area (Å²) in [6.45, 7) is 5.22. The van der Waals surface area contributed by atoms with Gasteiger partial charge in [-0.05, 0) is 49.4 Å². The molecule has 0 bridgehead atoms. The van der Waals surface area contributed by atoms with Crippen molar-refractivity contribution >= 4 is 10.0 Å². The number of sulfonamides is 1. The normalized spacial score (nSPS) is 15.8. The number of rotatable bonds is 8. The van der Waals surface area contributed by atoms with Crippen LogP contribution >= 0.6 is 0 Å². The van der Waals surface area contributed by atoms with E-state index in [4.69, 9.17) is 0 Å². The predicted octanol–water partition coefficient (Wildman–Crippen LogP) is 4.89. The quantitative estimate of drug-likeness (QED) is 0.492. The number of hydrogen-bond acceptors (Lipinski definition) is 3. The summed E-state index contributed by atoms with van der Waals surface area (Å²) < 4.78 is 29.1. The molecule has 0 aliphatic carbocycles. The van der Waals surface area contributed by atoms with Crippen LogP contribution in [0.3, 0.4) is 0 Å². The number of benzene rings is 3. The van der Waals surface area contributed by atoms with Gasteiger partial charge in [0, 0.05) is 32.2 Å². The fourth-order valence-corrected chi connectivity index (χ4v) is 6.12. The van der Waals surface area contributed by atoms with E-state index in [2.05, 4.69) is 41.3 Å². The van der Waals surface area contributed by atoms with Gasteiger partial charge in [0.15, 0.2) is 0 Å². The first-order valence-corrected chi connectivity index (χ1v) is 12.8. The smallest absolute Gasteiger partial charge is 0.243 e. The van der Waals surface area contributed by atoms with Gasteiger partial charge in [0.1, 0.15) is 0 Å². The second-order valence-electron chi connectivity index (χ2n) is 8.66. The zero-order valence-electron chi connectivity index (χ0n) is 18.7. The standard InChI is InChI=1S/C27H32N2O2S/c1-23-12-14-27(15-13-23)32(30,31)29(21-16-24-8-4-2-5-9-24)26-17-19-28(20-18-26)22-25-10-6-3-7-11-25/h2-15,26H,16-22H2,1H3. The van der Waals surface area contributed by atoms with Gasteiger partial charge in [0.2, 0.25) is 10.0 Å². The number of hydrogen-bond donors (Lipinski definition) is 0. The van der Waals surface area contributed by atoms with Crippen LogP contribution in [-0.4, -0.2) is 43.3 Å². The Kier molecular flexibility index (Phi) is 7.40. The second kappa shape index (κ2) is 10.4. The summed E-state index contributed by atoms with van der Waals surface area (Å²) in [5.41, 5.74) is 3.53. The van der Waals surface area contributed by atoms with Gasteiger partial charge in [0.25, 0.3) is 0 Å². The van der Waals surface area contributed by atoms with Gasteiger partial charge >= 0.3 is 0 Å². The highest BCUT2D eigenvalue weighted by Crippen LogP contribution is 2.26. The molecule has 1 saturated heterocycles. The molecule has 0 spiro atoms. The molecule has 0 amide bonds. The van der Waals surface area contributed by atoms with Gasteiger partial charge < -0.3 is 0 Å². The molecule has 0 atom stereocenters. The Labute approximate surface area is 192 Å². The Bertz CT molecular complexity index is 1080. The molecule has 0 unspecified atom stereocenters. The summed E-state index contributed by atoms with van der Waals surface area (Å²) in [4.78, 5) is 2.82. The number of piperidine rings is 1. The number of nitrogens with zero attached hydrogens (tertiary/aromatic N) is 2. The van der Waals surface area contributed by atoms with E-state index in [9.17, 15) is 8.42 Å². The largest absolute Gasteiger partial charge is 0.299 e. The third kappa shape index (κ3) is 5.66. The zero-order valence-corrected chi connectivity index (χ0v) is 19.5. The van der Waals surface area contributed by atoms with Gasteiger partial charge in [-0.1, -0.05) is 78.4 Å². The zero-order chi connectivity index (χ0) is 22.4. The molecule has 32 heavy (non-hydrogen) atoms. The molecule has 0 saturated carbocycles. The van der Waals surface area contributed by atoms with E-state index in [1.807, 2.05) is 43.3 Å². The Hall–Kier alpha value is -2.47. The van der Waals surface area contributed by atoms with Gasteiger partial charge in [-0.25, -0.2) is 8.42 Å². The molecular formula is C27H32N2O2S. The third-order valence-electron chi connectivity index (χ3n) is 6.30. The minimum absolute atomic E-state index is 0.0250. The lowest BCUT2D eigenvalue weighted by Crippen LogP contribution is -2.47. The fraction of sp³-hybridized carbons (Fsp3) is 0.333. The maximum absolute atomic E-state index is 13.6. The maximum atomic E-state index is 13.6. The van der Waals surface area contributed by atoms with Crippen LogP contribution in [0.15, 0.2) is 89.8 Å². The van der Waals surface area contributed by atoms with E-state index in [1.165, 1.54) is 5.56 Å². The Balaban J connectivity index is 1.49. The molecule has 1 heterocycles. The van der Waals surface area contributed by atoms with Crippen molar-refractivity contribution in [1.29, 1.82) is 0 Å². The first kappa shape index (κ1) is 22.7. The van der Waals surface area contributed by atoms with Crippen molar-refractivity contribution in [2.24, 2.45) is 0 Å². The van der Waals surface area contributed by atoms with Gasteiger partial charge in [-0.3, -0.25) is 4.90 Å². The highest BCUT2D eigenvalue weighted by molar-refractivity contribution is 7.89. The van der Waals surface area contributed by atoms with Crippen molar-refractivity contribution in [2.75, 3.05) is 19.6 Å². The summed E-state index contributed by atoms with van der Waals surface area (Å²) in [5, 5.41) is 0. The highest BCUT2D eigenvalue weighted by Gasteiger charge is 2.33. The summed E-state index contributed by atoms with van der Waals surface area (Å²) in [5.74, 6) is 0. The van der Waals surface area contributed by atoms with E-state index in [1.54, 1.807) is 16.4 Å². The molecule has 1 aliphatic heterocycles.